The van der Waals surface area contributed by atoms with Gasteiger partial charge < -0.3 is 20.1 Å². The fraction of sp³-hybridized carbons (Fsp3) is 0.200. The van der Waals surface area contributed by atoms with Gasteiger partial charge in [-0.2, -0.15) is 9.61 Å². The number of aromatic hydroxyl groups is 1. The van der Waals surface area contributed by atoms with Crippen LogP contribution in [0.4, 0.5) is 15.9 Å². The summed E-state index contributed by atoms with van der Waals surface area (Å²) in [4.78, 5) is 25.4. The second-order valence-electron chi connectivity index (χ2n) is 7.15. The lowest BCUT2D eigenvalue weighted by molar-refractivity contribution is 0.411. The average molecular weight is 423 g/mol. The molecule has 0 bridgehead atoms. The molecule has 0 spiro atoms. The molecule has 11 heteroatoms. The number of ether oxygens (including phenoxy) is 1. The van der Waals surface area contributed by atoms with Crippen molar-refractivity contribution in [2.75, 3.05) is 12.4 Å². The first-order valence-electron chi connectivity index (χ1n) is 9.56. The monoisotopic (exact) mass is 423 g/mol. The van der Waals surface area contributed by atoms with E-state index in [1.165, 1.54) is 13.2 Å². The molecule has 1 aliphatic carbocycles. The number of rotatable bonds is 5. The first-order valence-corrected chi connectivity index (χ1v) is 9.56. The lowest BCUT2D eigenvalue weighted by Crippen LogP contribution is -2.20. The summed E-state index contributed by atoms with van der Waals surface area (Å²) in [6.45, 7) is 0. The van der Waals surface area contributed by atoms with Gasteiger partial charge in [0.1, 0.15) is 23.1 Å². The highest BCUT2D eigenvalue weighted by Crippen LogP contribution is 2.24. The number of methoxy groups -OCH3 is 1. The zero-order valence-electron chi connectivity index (χ0n) is 16.4. The zero-order chi connectivity index (χ0) is 21.5. The molecule has 0 amide bonds. The summed E-state index contributed by atoms with van der Waals surface area (Å²) in [6, 6.07) is 6.39. The number of imidazole rings is 1. The Morgan fingerprint density at radius 2 is 2.19 bits per heavy atom. The molecular formula is C20H18FN7O3. The van der Waals surface area contributed by atoms with Crippen molar-refractivity contribution < 1.29 is 14.2 Å². The van der Waals surface area contributed by atoms with Gasteiger partial charge in [-0.1, -0.05) is 0 Å². The van der Waals surface area contributed by atoms with Gasteiger partial charge in [-0.3, -0.25) is 9.98 Å². The number of hydrogen-bond acceptors (Lipinski definition) is 7. The standard InChI is InChI=1S/C20H18FN7O3/c1-31-12-4-5-14(13(21)7-12)24-16-8-17(23-11-2-3-11)28-18(26-16)10(9-22-28)6-15-19(29)27-20(30)25-15/h4-9,11,24,29H,2-3H2,1H3,(H2,25,27,30)/b10-6-,23-17?. The Morgan fingerprint density at radius 1 is 1.35 bits per heavy atom. The number of aromatic amines is 2. The molecule has 158 valence electrons. The Morgan fingerprint density at radius 3 is 2.87 bits per heavy atom. The fourth-order valence-electron chi connectivity index (χ4n) is 3.12. The van der Waals surface area contributed by atoms with E-state index in [1.807, 2.05) is 0 Å². The summed E-state index contributed by atoms with van der Waals surface area (Å²) in [6.07, 6.45) is 5.09. The topological polar surface area (TPSA) is 133 Å². The molecule has 1 saturated carbocycles. The van der Waals surface area contributed by atoms with Crippen LogP contribution in [0.3, 0.4) is 0 Å². The van der Waals surface area contributed by atoms with E-state index >= 15 is 0 Å². The van der Waals surface area contributed by atoms with E-state index in [4.69, 9.17) is 4.74 Å². The normalized spacial score (nSPS) is 15.0. The van der Waals surface area contributed by atoms with E-state index in [0.717, 1.165) is 12.8 Å². The van der Waals surface area contributed by atoms with Crippen LogP contribution in [0.5, 0.6) is 11.6 Å². The van der Waals surface area contributed by atoms with E-state index < -0.39 is 11.5 Å². The first-order chi connectivity index (χ1) is 15.0. The summed E-state index contributed by atoms with van der Waals surface area (Å²) >= 11 is 0. The van der Waals surface area contributed by atoms with Gasteiger partial charge in [0.2, 0.25) is 5.88 Å². The Kier molecular flexibility index (Phi) is 4.42. The molecule has 1 fully saturated rings. The zero-order valence-corrected chi connectivity index (χ0v) is 16.4. The quantitative estimate of drug-likeness (QED) is 0.378. The molecule has 3 aromatic heterocycles. The summed E-state index contributed by atoms with van der Waals surface area (Å²) in [5.41, 5.74) is 0.889. The van der Waals surface area contributed by atoms with Gasteiger partial charge >= 0.3 is 5.69 Å². The third-order valence-electron chi connectivity index (χ3n) is 4.82. The molecule has 0 unspecified atom stereocenters. The second-order valence-corrected chi connectivity index (χ2v) is 7.15. The number of nitrogens with zero attached hydrogens (tertiary/aromatic N) is 4. The summed E-state index contributed by atoms with van der Waals surface area (Å²) < 4.78 is 21.0. The van der Waals surface area contributed by atoms with Crippen molar-refractivity contribution in [1.82, 2.24) is 24.6 Å². The van der Waals surface area contributed by atoms with E-state index in [-0.39, 0.29) is 23.3 Å². The van der Waals surface area contributed by atoms with Crippen LogP contribution in [-0.2, 0) is 0 Å². The van der Waals surface area contributed by atoms with Gasteiger partial charge in [-0.15, -0.1) is 0 Å². The molecule has 10 nitrogen and oxygen atoms in total. The number of benzene rings is 1. The van der Waals surface area contributed by atoms with Gasteiger partial charge in [0.25, 0.3) is 0 Å². The van der Waals surface area contributed by atoms with E-state index in [0.29, 0.717) is 27.9 Å². The van der Waals surface area contributed by atoms with Crippen LogP contribution in [0.1, 0.15) is 18.5 Å². The molecule has 0 saturated heterocycles. The molecule has 0 radical (unpaired) electrons. The van der Waals surface area contributed by atoms with Gasteiger partial charge in [0, 0.05) is 17.4 Å². The van der Waals surface area contributed by atoms with E-state index in [2.05, 4.69) is 30.4 Å². The third kappa shape index (κ3) is 3.72. The van der Waals surface area contributed by atoms with E-state index in [9.17, 15) is 14.3 Å². The second kappa shape index (κ2) is 7.27. The molecule has 1 aliphatic rings. The van der Waals surface area contributed by atoms with Crippen LogP contribution in [0.15, 0.2) is 40.2 Å². The van der Waals surface area contributed by atoms with Crippen molar-refractivity contribution in [1.29, 1.82) is 0 Å². The maximum atomic E-state index is 14.4. The molecule has 4 aromatic rings. The highest BCUT2D eigenvalue weighted by molar-refractivity contribution is 5.62. The molecular weight excluding hydrogens is 405 g/mol. The van der Waals surface area contributed by atoms with Crippen LogP contribution >= 0.6 is 0 Å². The highest BCUT2D eigenvalue weighted by atomic mass is 19.1. The number of hydrogen-bond donors (Lipinski definition) is 4. The van der Waals surface area contributed by atoms with Crippen LogP contribution in [0.25, 0.3) is 11.7 Å². The predicted octanol–water partition coefficient (Wildman–Crippen LogP) is 0.953. The average Bonchev–Trinajstić information content (AvgIpc) is 3.38. The van der Waals surface area contributed by atoms with Gasteiger partial charge in [-0.05, 0) is 31.1 Å². The van der Waals surface area contributed by atoms with Crippen LogP contribution in [0.2, 0.25) is 0 Å². The Bertz CT molecular complexity index is 1470. The van der Waals surface area contributed by atoms with E-state index in [1.54, 1.807) is 35.0 Å². The van der Waals surface area contributed by atoms with Gasteiger partial charge in [0.15, 0.2) is 11.1 Å². The Labute approximate surface area is 173 Å². The minimum atomic E-state index is -0.532. The van der Waals surface area contributed by atoms with Gasteiger partial charge in [-0.25, -0.2) is 14.2 Å². The van der Waals surface area contributed by atoms with Crippen LogP contribution in [-0.4, -0.2) is 42.8 Å². The van der Waals surface area contributed by atoms with Crippen molar-refractivity contribution in [2.24, 2.45) is 4.99 Å². The molecule has 0 aliphatic heterocycles. The minimum Gasteiger partial charge on any atom is -0.497 e. The number of H-pyrrole nitrogens is 2. The minimum absolute atomic E-state index is 0.196. The number of aromatic nitrogens is 5. The third-order valence-corrected chi connectivity index (χ3v) is 4.82. The molecule has 1 aromatic carbocycles. The Balaban J connectivity index is 1.65. The SMILES string of the molecule is COc1ccc(Nc2cc(=NC3CC3)n3nc/c(=C/c4[nH]c(=O)[nH]c4O)c3n2)c(F)c1. The molecule has 31 heavy (non-hydrogen) atoms. The maximum Gasteiger partial charge on any atom is 0.326 e. The summed E-state index contributed by atoms with van der Waals surface area (Å²) in [5, 5.41) is 17.7. The Hall–Kier alpha value is -4.15. The fourth-order valence-corrected chi connectivity index (χ4v) is 3.12. The molecule has 4 N–H and O–H groups in total. The smallest absolute Gasteiger partial charge is 0.326 e. The largest absolute Gasteiger partial charge is 0.497 e. The van der Waals surface area contributed by atoms with Crippen molar-refractivity contribution in [3.8, 4) is 11.6 Å². The summed E-state index contributed by atoms with van der Waals surface area (Å²) in [5.74, 6) is 0.000377. The first kappa shape index (κ1) is 18.9. The van der Waals surface area contributed by atoms with Crippen molar-refractivity contribution >= 4 is 23.2 Å². The van der Waals surface area contributed by atoms with Crippen molar-refractivity contribution in [3.05, 3.63) is 63.2 Å². The predicted molar refractivity (Wildman–Crippen MR) is 110 cm³/mol. The highest BCUT2D eigenvalue weighted by Gasteiger charge is 2.20. The molecule has 3 heterocycles. The van der Waals surface area contributed by atoms with Crippen LogP contribution in [0, 0.1) is 5.82 Å². The van der Waals surface area contributed by atoms with Crippen molar-refractivity contribution in [3.63, 3.8) is 0 Å². The lowest BCUT2D eigenvalue weighted by Gasteiger charge is -2.09. The molecule has 5 rings (SSSR count). The van der Waals surface area contributed by atoms with Gasteiger partial charge in [0.05, 0.1) is 25.0 Å². The summed E-state index contributed by atoms with van der Waals surface area (Å²) in [7, 11) is 1.47. The lowest BCUT2D eigenvalue weighted by atomic mass is 10.3. The number of halogens is 1. The van der Waals surface area contributed by atoms with Crippen LogP contribution < -0.4 is 26.4 Å². The van der Waals surface area contributed by atoms with Crippen molar-refractivity contribution in [2.45, 2.75) is 18.9 Å². The number of fused-ring (bicyclic) bond motifs is 1. The number of anilines is 2. The molecule has 0 atom stereocenters. The number of nitrogens with one attached hydrogen (secondary N) is 3. The maximum absolute atomic E-state index is 14.4.